The third kappa shape index (κ3) is 3.04. The molecule has 3 heteroatoms. The van der Waals surface area contributed by atoms with Crippen molar-refractivity contribution in [2.45, 2.75) is 31.7 Å². The van der Waals surface area contributed by atoms with E-state index in [-0.39, 0.29) is 0 Å². The van der Waals surface area contributed by atoms with Crippen LogP contribution in [-0.2, 0) is 26.3 Å². The van der Waals surface area contributed by atoms with Gasteiger partial charge in [-0.2, -0.15) is 5.10 Å². The van der Waals surface area contributed by atoms with Crippen LogP contribution in [0.15, 0.2) is 36.5 Å². The predicted molar refractivity (Wildman–Crippen MR) is 77.2 cm³/mol. The highest BCUT2D eigenvalue weighted by Gasteiger charge is 2.17. The van der Waals surface area contributed by atoms with Gasteiger partial charge in [-0.3, -0.25) is 4.68 Å². The number of fused-ring (bicyclic) bond motifs is 1. The van der Waals surface area contributed by atoms with Crippen LogP contribution in [0.2, 0.25) is 0 Å². The topological polar surface area (TPSA) is 29.9 Å². The van der Waals surface area contributed by atoms with Gasteiger partial charge in [0.05, 0.1) is 5.69 Å². The summed E-state index contributed by atoms with van der Waals surface area (Å²) in [5, 5.41) is 8.08. The quantitative estimate of drug-likeness (QED) is 0.907. The van der Waals surface area contributed by atoms with E-state index in [1.54, 1.807) is 0 Å². The Morgan fingerprint density at radius 3 is 2.89 bits per heavy atom. The van der Waals surface area contributed by atoms with E-state index in [1.165, 1.54) is 36.1 Å². The van der Waals surface area contributed by atoms with Crippen LogP contribution in [0.5, 0.6) is 0 Å². The van der Waals surface area contributed by atoms with Gasteiger partial charge < -0.3 is 5.32 Å². The van der Waals surface area contributed by atoms with E-state index >= 15 is 0 Å². The Morgan fingerprint density at radius 1 is 1.26 bits per heavy atom. The molecule has 0 radical (unpaired) electrons. The molecule has 0 amide bonds. The molecule has 1 unspecified atom stereocenters. The maximum atomic E-state index is 4.41. The maximum absolute atomic E-state index is 4.41. The van der Waals surface area contributed by atoms with Gasteiger partial charge in [-0.1, -0.05) is 24.3 Å². The second kappa shape index (κ2) is 5.57. The van der Waals surface area contributed by atoms with Crippen molar-refractivity contribution in [3.63, 3.8) is 0 Å². The molecule has 3 rings (SSSR count). The fourth-order valence-electron chi connectivity index (χ4n) is 2.87. The molecule has 1 aromatic heterocycles. The molecular formula is C16H21N3. The number of hydrogen-bond acceptors (Lipinski definition) is 2. The largest absolute Gasteiger partial charge is 0.313 e. The first-order chi connectivity index (χ1) is 9.31. The van der Waals surface area contributed by atoms with Gasteiger partial charge in [-0.25, -0.2) is 0 Å². The fourth-order valence-corrected chi connectivity index (χ4v) is 2.87. The average Bonchev–Trinajstić information content (AvgIpc) is 2.84. The molecular weight excluding hydrogens is 234 g/mol. The normalized spacial score (nSPS) is 18.3. The van der Waals surface area contributed by atoms with Crippen molar-refractivity contribution in [1.29, 1.82) is 0 Å². The summed E-state index contributed by atoms with van der Waals surface area (Å²) in [4.78, 5) is 0. The van der Waals surface area contributed by atoms with Crippen LogP contribution in [0.4, 0.5) is 0 Å². The molecule has 1 heterocycles. The third-order valence-corrected chi connectivity index (χ3v) is 3.93. The van der Waals surface area contributed by atoms with Crippen LogP contribution in [0.1, 0.15) is 23.2 Å². The standard InChI is InChI=1S/C16H21N3/c1-19-11-9-15(18-19)8-10-17-16-7-6-13-4-2-3-5-14(13)12-16/h2-5,9,11,16-17H,6-8,10,12H2,1H3. The molecule has 0 aliphatic heterocycles. The number of nitrogens with one attached hydrogen (secondary N) is 1. The Labute approximate surface area is 114 Å². The highest BCUT2D eigenvalue weighted by atomic mass is 15.2. The number of hydrogen-bond donors (Lipinski definition) is 1. The molecule has 1 aliphatic rings. The monoisotopic (exact) mass is 255 g/mol. The molecule has 3 nitrogen and oxygen atoms in total. The van der Waals surface area contributed by atoms with Gasteiger partial charge >= 0.3 is 0 Å². The summed E-state index contributed by atoms with van der Waals surface area (Å²) in [6, 6.07) is 11.5. The highest BCUT2D eigenvalue weighted by molar-refractivity contribution is 5.30. The summed E-state index contributed by atoms with van der Waals surface area (Å²) in [6.07, 6.45) is 6.64. The van der Waals surface area contributed by atoms with Crippen LogP contribution < -0.4 is 5.32 Å². The van der Waals surface area contributed by atoms with Crippen LogP contribution in [0, 0.1) is 0 Å². The number of rotatable bonds is 4. The lowest BCUT2D eigenvalue weighted by Gasteiger charge is -2.25. The predicted octanol–water partition coefficient (Wildman–Crippen LogP) is 2.11. The average molecular weight is 255 g/mol. The molecule has 0 bridgehead atoms. The van der Waals surface area contributed by atoms with E-state index in [1.807, 2.05) is 17.9 Å². The Balaban J connectivity index is 1.50. The Morgan fingerprint density at radius 2 is 2.11 bits per heavy atom. The molecule has 1 aromatic carbocycles. The lowest BCUT2D eigenvalue weighted by molar-refractivity contribution is 0.460. The van der Waals surface area contributed by atoms with E-state index in [0.29, 0.717) is 6.04 Å². The second-order valence-electron chi connectivity index (χ2n) is 5.39. The van der Waals surface area contributed by atoms with E-state index < -0.39 is 0 Å². The second-order valence-corrected chi connectivity index (χ2v) is 5.39. The molecule has 1 atom stereocenters. The third-order valence-electron chi connectivity index (χ3n) is 3.93. The minimum Gasteiger partial charge on any atom is -0.313 e. The van der Waals surface area contributed by atoms with Crippen LogP contribution in [-0.4, -0.2) is 22.4 Å². The van der Waals surface area contributed by atoms with Gasteiger partial charge in [0.25, 0.3) is 0 Å². The van der Waals surface area contributed by atoms with Crippen LogP contribution >= 0.6 is 0 Å². The number of aromatic nitrogens is 2. The first-order valence-corrected chi connectivity index (χ1v) is 7.10. The van der Waals surface area contributed by atoms with Gasteiger partial charge in [-0.15, -0.1) is 0 Å². The van der Waals surface area contributed by atoms with Gasteiger partial charge in [0.1, 0.15) is 0 Å². The summed E-state index contributed by atoms with van der Waals surface area (Å²) in [5.41, 5.74) is 4.22. The van der Waals surface area contributed by atoms with Crippen molar-refractivity contribution in [2.75, 3.05) is 6.54 Å². The summed E-state index contributed by atoms with van der Waals surface area (Å²) < 4.78 is 1.87. The SMILES string of the molecule is Cn1ccc(CCNC2CCc3ccccc3C2)n1. The molecule has 100 valence electrons. The van der Waals surface area contributed by atoms with Gasteiger partial charge in [-0.05, 0) is 36.5 Å². The molecule has 0 saturated carbocycles. The van der Waals surface area contributed by atoms with Gasteiger partial charge in [0.2, 0.25) is 0 Å². The lowest BCUT2D eigenvalue weighted by Crippen LogP contribution is -2.35. The molecule has 2 aromatic rings. The zero-order chi connectivity index (χ0) is 13.1. The maximum Gasteiger partial charge on any atom is 0.0637 e. The molecule has 0 fully saturated rings. The summed E-state index contributed by atoms with van der Waals surface area (Å²) in [6.45, 7) is 1.02. The van der Waals surface area contributed by atoms with Crippen molar-refractivity contribution in [3.05, 3.63) is 53.3 Å². The zero-order valence-corrected chi connectivity index (χ0v) is 11.5. The summed E-state index contributed by atoms with van der Waals surface area (Å²) in [5.74, 6) is 0. The summed E-state index contributed by atoms with van der Waals surface area (Å²) >= 11 is 0. The Kier molecular flexibility index (Phi) is 3.65. The Bertz CT molecular complexity index is 544. The Hall–Kier alpha value is -1.61. The highest BCUT2D eigenvalue weighted by Crippen LogP contribution is 2.20. The number of aryl methyl sites for hydroxylation is 2. The molecule has 0 spiro atoms. The molecule has 1 aliphatic carbocycles. The number of benzene rings is 1. The summed E-state index contributed by atoms with van der Waals surface area (Å²) in [7, 11) is 1.97. The van der Waals surface area contributed by atoms with E-state index in [9.17, 15) is 0 Å². The van der Waals surface area contributed by atoms with Crippen molar-refractivity contribution in [1.82, 2.24) is 15.1 Å². The van der Waals surface area contributed by atoms with E-state index in [4.69, 9.17) is 0 Å². The van der Waals surface area contributed by atoms with Crippen LogP contribution in [0.25, 0.3) is 0 Å². The smallest absolute Gasteiger partial charge is 0.0637 e. The molecule has 0 saturated heterocycles. The molecule has 1 N–H and O–H groups in total. The minimum atomic E-state index is 0.624. The van der Waals surface area contributed by atoms with Gasteiger partial charge in [0.15, 0.2) is 0 Å². The van der Waals surface area contributed by atoms with Crippen molar-refractivity contribution in [2.24, 2.45) is 7.05 Å². The first-order valence-electron chi connectivity index (χ1n) is 7.10. The van der Waals surface area contributed by atoms with Crippen LogP contribution in [0.3, 0.4) is 0 Å². The van der Waals surface area contributed by atoms with Crippen molar-refractivity contribution < 1.29 is 0 Å². The zero-order valence-electron chi connectivity index (χ0n) is 11.5. The van der Waals surface area contributed by atoms with E-state index in [2.05, 4.69) is 40.7 Å². The van der Waals surface area contributed by atoms with E-state index in [0.717, 1.165) is 13.0 Å². The van der Waals surface area contributed by atoms with Crippen molar-refractivity contribution >= 4 is 0 Å². The fraction of sp³-hybridized carbons (Fsp3) is 0.438. The number of nitrogens with zero attached hydrogens (tertiary/aromatic N) is 2. The first kappa shape index (κ1) is 12.4. The lowest BCUT2D eigenvalue weighted by atomic mass is 9.88. The van der Waals surface area contributed by atoms with Gasteiger partial charge in [0, 0.05) is 32.3 Å². The van der Waals surface area contributed by atoms with Crippen molar-refractivity contribution in [3.8, 4) is 0 Å². The molecule has 19 heavy (non-hydrogen) atoms. The minimum absolute atomic E-state index is 0.624.